The maximum absolute atomic E-state index is 12.1. The standard InChI is InChI=1S/C20H19NO2/c1-13-4-6-15(3)18(10-13)21-20(22)9-8-17-12-16-7-5-14(2)11-19(16)23-17/h4-12H,1-3H3,(H,21,22). The fraction of sp³-hybridized carbons (Fsp3) is 0.150. The summed E-state index contributed by atoms with van der Waals surface area (Å²) in [4.78, 5) is 12.1. The molecule has 1 N–H and O–H groups in total. The van der Waals surface area contributed by atoms with Crippen LogP contribution in [-0.2, 0) is 4.79 Å². The number of hydrogen-bond acceptors (Lipinski definition) is 2. The quantitative estimate of drug-likeness (QED) is 0.691. The Morgan fingerprint density at radius 1 is 1.00 bits per heavy atom. The number of aryl methyl sites for hydroxylation is 3. The topological polar surface area (TPSA) is 42.2 Å². The molecule has 0 saturated heterocycles. The van der Waals surface area contributed by atoms with Crippen LogP contribution in [0.4, 0.5) is 5.69 Å². The smallest absolute Gasteiger partial charge is 0.248 e. The Bertz CT molecular complexity index is 903. The third-order valence-corrected chi connectivity index (χ3v) is 3.74. The van der Waals surface area contributed by atoms with Gasteiger partial charge in [-0.3, -0.25) is 4.79 Å². The first-order valence-electron chi connectivity index (χ1n) is 7.58. The van der Waals surface area contributed by atoms with Crippen molar-refractivity contribution < 1.29 is 9.21 Å². The van der Waals surface area contributed by atoms with Crippen molar-refractivity contribution in [3.63, 3.8) is 0 Å². The number of carbonyl (C=O) groups excluding carboxylic acids is 1. The van der Waals surface area contributed by atoms with Crippen LogP contribution in [0.3, 0.4) is 0 Å². The molecule has 1 amide bonds. The Hall–Kier alpha value is -2.81. The molecule has 0 unspecified atom stereocenters. The Balaban J connectivity index is 1.75. The number of carbonyl (C=O) groups is 1. The van der Waals surface area contributed by atoms with E-state index in [1.165, 1.54) is 6.08 Å². The van der Waals surface area contributed by atoms with E-state index in [4.69, 9.17) is 4.42 Å². The molecule has 0 radical (unpaired) electrons. The fourth-order valence-corrected chi connectivity index (χ4v) is 2.44. The molecular weight excluding hydrogens is 286 g/mol. The minimum Gasteiger partial charge on any atom is -0.457 e. The monoisotopic (exact) mass is 305 g/mol. The molecule has 0 saturated carbocycles. The number of fused-ring (bicyclic) bond motifs is 1. The lowest BCUT2D eigenvalue weighted by Crippen LogP contribution is -2.09. The largest absolute Gasteiger partial charge is 0.457 e. The van der Waals surface area contributed by atoms with Crippen LogP contribution in [0.1, 0.15) is 22.5 Å². The minimum absolute atomic E-state index is 0.171. The Morgan fingerprint density at radius 3 is 2.57 bits per heavy atom. The van der Waals surface area contributed by atoms with Gasteiger partial charge >= 0.3 is 0 Å². The predicted octanol–water partition coefficient (Wildman–Crippen LogP) is 5.01. The van der Waals surface area contributed by atoms with Gasteiger partial charge in [0.1, 0.15) is 11.3 Å². The average Bonchev–Trinajstić information content (AvgIpc) is 2.91. The van der Waals surface area contributed by atoms with Crippen LogP contribution in [0.15, 0.2) is 53.0 Å². The van der Waals surface area contributed by atoms with Gasteiger partial charge in [-0.15, -0.1) is 0 Å². The van der Waals surface area contributed by atoms with Gasteiger partial charge in [-0.2, -0.15) is 0 Å². The highest BCUT2D eigenvalue weighted by molar-refractivity contribution is 6.02. The third kappa shape index (κ3) is 3.51. The van der Waals surface area contributed by atoms with Crippen LogP contribution < -0.4 is 5.32 Å². The molecule has 0 bridgehead atoms. The summed E-state index contributed by atoms with van der Waals surface area (Å²) >= 11 is 0. The van der Waals surface area contributed by atoms with Gasteiger partial charge in [0, 0.05) is 17.1 Å². The second kappa shape index (κ2) is 6.13. The van der Waals surface area contributed by atoms with Gasteiger partial charge in [0.15, 0.2) is 0 Å². The van der Waals surface area contributed by atoms with E-state index in [1.807, 2.05) is 63.2 Å². The zero-order valence-electron chi connectivity index (χ0n) is 13.5. The molecule has 0 atom stereocenters. The molecule has 1 aromatic heterocycles. The van der Waals surface area contributed by atoms with Gasteiger partial charge in [-0.1, -0.05) is 24.3 Å². The lowest BCUT2D eigenvalue weighted by atomic mass is 10.1. The Kier molecular flexibility index (Phi) is 4.02. The maximum atomic E-state index is 12.1. The van der Waals surface area contributed by atoms with E-state index < -0.39 is 0 Å². The van der Waals surface area contributed by atoms with Gasteiger partial charge in [0.2, 0.25) is 5.91 Å². The number of amides is 1. The molecule has 116 valence electrons. The number of hydrogen-bond donors (Lipinski definition) is 1. The highest BCUT2D eigenvalue weighted by Crippen LogP contribution is 2.21. The fourth-order valence-electron chi connectivity index (χ4n) is 2.44. The lowest BCUT2D eigenvalue weighted by molar-refractivity contribution is -0.111. The average molecular weight is 305 g/mol. The van der Waals surface area contributed by atoms with Gasteiger partial charge in [-0.25, -0.2) is 0 Å². The van der Waals surface area contributed by atoms with Crippen molar-refractivity contribution >= 4 is 28.6 Å². The molecule has 2 aromatic carbocycles. The van der Waals surface area contributed by atoms with E-state index in [0.29, 0.717) is 5.76 Å². The van der Waals surface area contributed by atoms with Gasteiger partial charge in [-0.05, 0) is 61.7 Å². The predicted molar refractivity (Wildman–Crippen MR) is 94.5 cm³/mol. The van der Waals surface area contributed by atoms with Crippen molar-refractivity contribution in [1.29, 1.82) is 0 Å². The molecule has 3 aromatic rings. The molecular formula is C20H19NO2. The molecule has 3 rings (SSSR count). The molecule has 0 fully saturated rings. The first-order chi connectivity index (χ1) is 11.0. The number of furan rings is 1. The summed E-state index contributed by atoms with van der Waals surface area (Å²) in [7, 11) is 0. The zero-order chi connectivity index (χ0) is 16.4. The molecule has 0 aliphatic heterocycles. The number of anilines is 1. The van der Waals surface area contributed by atoms with Crippen LogP contribution in [-0.4, -0.2) is 5.91 Å². The maximum Gasteiger partial charge on any atom is 0.248 e. The summed E-state index contributed by atoms with van der Waals surface area (Å²) < 4.78 is 5.73. The van der Waals surface area contributed by atoms with Gasteiger partial charge < -0.3 is 9.73 Å². The van der Waals surface area contributed by atoms with Crippen LogP contribution >= 0.6 is 0 Å². The summed E-state index contributed by atoms with van der Waals surface area (Å²) in [5.74, 6) is 0.497. The Morgan fingerprint density at radius 2 is 1.74 bits per heavy atom. The normalized spacial score (nSPS) is 11.3. The summed E-state index contributed by atoms with van der Waals surface area (Å²) in [6, 6.07) is 14.0. The molecule has 1 heterocycles. The number of nitrogens with one attached hydrogen (secondary N) is 1. The van der Waals surface area contributed by atoms with E-state index in [0.717, 1.165) is 33.3 Å². The second-order valence-corrected chi connectivity index (χ2v) is 5.83. The first kappa shape index (κ1) is 15.1. The molecule has 3 nitrogen and oxygen atoms in total. The van der Waals surface area contributed by atoms with E-state index in [2.05, 4.69) is 5.32 Å². The van der Waals surface area contributed by atoms with Crippen molar-refractivity contribution in [3.8, 4) is 0 Å². The van der Waals surface area contributed by atoms with Crippen molar-refractivity contribution in [1.82, 2.24) is 0 Å². The summed E-state index contributed by atoms with van der Waals surface area (Å²) in [5, 5.41) is 3.93. The van der Waals surface area contributed by atoms with Crippen LogP contribution in [0, 0.1) is 20.8 Å². The van der Waals surface area contributed by atoms with Crippen molar-refractivity contribution in [3.05, 3.63) is 71.0 Å². The highest BCUT2D eigenvalue weighted by atomic mass is 16.3. The van der Waals surface area contributed by atoms with E-state index in [9.17, 15) is 4.79 Å². The lowest BCUT2D eigenvalue weighted by Gasteiger charge is -2.07. The highest BCUT2D eigenvalue weighted by Gasteiger charge is 2.04. The van der Waals surface area contributed by atoms with E-state index in [-0.39, 0.29) is 5.91 Å². The molecule has 0 aliphatic carbocycles. The molecule has 0 spiro atoms. The van der Waals surface area contributed by atoms with Crippen molar-refractivity contribution in [2.24, 2.45) is 0 Å². The van der Waals surface area contributed by atoms with Crippen LogP contribution in [0.25, 0.3) is 17.0 Å². The third-order valence-electron chi connectivity index (χ3n) is 3.74. The van der Waals surface area contributed by atoms with Gasteiger partial charge in [0.05, 0.1) is 0 Å². The van der Waals surface area contributed by atoms with Gasteiger partial charge in [0.25, 0.3) is 0 Å². The van der Waals surface area contributed by atoms with Crippen molar-refractivity contribution in [2.75, 3.05) is 5.32 Å². The summed E-state index contributed by atoms with van der Waals surface area (Å²) in [5.41, 5.74) is 4.97. The molecule has 3 heteroatoms. The number of rotatable bonds is 3. The number of benzene rings is 2. The molecule has 23 heavy (non-hydrogen) atoms. The van der Waals surface area contributed by atoms with Crippen LogP contribution in [0.2, 0.25) is 0 Å². The Labute approximate surface area is 135 Å². The first-order valence-corrected chi connectivity index (χ1v) is 7.58. The summed E-state index contributed by atoms with van der Waals surface area (Å²) in [6.45, 7) is 6.00. The zero-order valence-corrected chi connectivity index (χ0v) is 13.5. The van der Waals surface area contributed by atoms with E-state index in [1.54, 1.807) is 6.08 Å². The summed E-state index contributed by atoms with van der Waals surface area (Å²) in [6.07, 6.45) is 3.18. The van der Waals surface area contributed by atoms with Crippen molar-refractivity contribution in [2.45, 2.75) is 20.8 Å². The van der Waals surface area contributed by atoms with E-state index >= 15 is 0 Å². The second-order valence-electron chi connectivity index (χ2n) is 5.83. The SMILES string of the molecule is Cc1ccc(C)c(NC(=O)C=Cc2cc3ccc(C)cc3o2)c1. The van der Waals surface area contributed by atoms with Crippen LogP contribution in [0.5, 0.6) is 0 Å². The minimum atomic E-state index is -0.171. The molecule has 0 aliphatic rings.